The van der Waals surface area contributed by atoms with Gasteiger partial charge in [0.05, 0.1) is 13.2 Å². The Morgan fingerprint density at radius 3 is 0.922 bits per heavy atom. The van der Waals surface area contributed by atoms with Crippen LogP contribution in [0.5, 0.6) is 0 Å². The van der Waals surface area contributed by atoms with Crippen molar-refractivity contribution in [1.82, 2.24) is 19.9 Å². The Balaban J connectivity index is 1.18. The van der Waals surface area contributed by atoms with Crippen molar-refractivity contribution in [2.24, 2.45) is 0 Å². The smallest absolute Gasteiger partial charge is 0.0727 e. The molecule has 4 aromatic heterocycles. The second-order valence-corrected chi connectivity index (χ2v) is 12.8. The lowest BCUT2D eigenvalue weighted by Crippen LogP contribution is -1.93. The molecule has 0 spiro atoms. The Labute approximate surface area is 297 Å². The summed E-state index contributed by atoms with van der Waals surface area (Å²) in [6.07, 6.45) is 14.9. The summed E-state index contributed by atoms with van der Waals surface area (Å²) in [7, 11) is 0. The first-order valence-electron chi connectivity index (χ1n) is 17.0. The summed E-state index contributed by atoms with van der Waals surface area (Å²) >= 11 is 0. The monoisotopic (exact) mass is 656 g/mol. The molecule has 0 atom stereocenters. The lowest BCUT2D eigenvalue weighted by atomic mass is 9.88. The van der Waals surface area contributed by atoms with E-state index in [1.807, 2.05) is 73.8 Å². The quantitative estimate of drug-likeness (QED) is 0.178. The van der Waals surface area contributed by atoms with Crippen LogP contribution in [-0.2, 0) is 18.0 Å². The molecule has 51 heavy (non-hydrogen) atoms. The van der Waals surface area contributed by atoms with Crippen molar-refractivity contribution in [2.75, 3.05) is 0 Å². The van der Waals surface area contributed by atoms with Crippen molar-refractivity contribution in [3.8, 4) is 77.9 Å². The number of hydrogen-bond acceptors (Lipinski definition) is 5. The lowest BCUT2D eigenvalue weighted by molar-refractivity contribution is 0.110. The zero-order valence-corrected chi connectivity index (χ0v) is 27.8. The van der Waals surface area contributed by atoms with Crippen molar-refractivity contribution in [1.29, 1.82) is 0 Å². The number of fused-ring (bicyclic) bond motifs is 3. The topological polar surface area (TPSA) is 60.8 Å². The first-order chi connectivity index (χ1) is 25.2. The van der Waals surface area contributed by atoms with Gasteiger partial charge in [-0.15, -0.1) is 0 Å². The summed E-state index contributed by atoms with van der Waals surface area (Å²) in [5.41, 5.74) is 18.0. The van der Waals surface area contributed by atoms with Crippen LogP contribution in [0, 0.1) is 0 Å². The van der Waals surface area contributed by atoms with Crippen LogP contribution in [0.2, 0.25) is 0 Å². The highest BCUT2D eigenvalue weighted by Gasteiger charge is 2.18. The molecule has 0 saturated heterocycles. The Kier molecular flexibility index (Phi) is 8.01. The van der Waals surface area contributed by atoms with Gasteiger partial charge in [0.2, 0.25) is 0 Å². The van der Waals surface area contributed by atoms with Gasteiger partial charge >= 0.3 is 0 Å². The van der Waals surface area contributed by atoms with Crippen LogP contribution >= 0.6 is 0 Å². The molecule has 0 saturated carbocycles. The summed E-state index contributed by atoms with van der Waals surface area (Å²) in [6.45, 7) is 1.11. The van der Waals surface area contributed by atoms with E-state index >= 15 is 0 Å². The van der Waals surface area contributed by atoms with E-state index in [9.17, 15) is 0 Å². The number of benzene rings is 4. The van der Waals surface area contributed by atoms with Crippen LogP contribution in [0.15, 0.2) is 171 Å². The fourth-order valence-corrected chi connectivity index (χ4v) is 6.93. The molecule has 0 amide bonds. The highest BCUT2D eigenvalue weighted by atomic mass is 16.5. The van der Waals surface area contributed by atoms with Gasteiger partial charge in [-0.25, -0.2) is 0 Å². The van der Waals surface area contributed by atoms with E-state index in [0.29, 0.717) is 13.2 Å². The Bertz CT molecular complexity index is 2190. The number of aromatic nitrogens is 4. The normalized spacial score (nSPS) is 12.1. The van der Waals surface area contributed by atoms with Gasteiger partial charge in [0, 0.05) is 71.8 Å². The number of rotatable bonds is 6. The molecular formula is C46H32N4O. The first-order valence-corrected chi connectivity index (χ1v) is 17.0. The second kappa shape index (κ2) is 13.4. The molecular weight excluding hydrogens is 625 g/mol. The molecule has 1 aliphatic heterocycles. The summed E-state index contributed by atoms with van der Waals surface area (Å²) in [5, 5.41) is 0. The van der Waals surface area contributed by atoms with Crippen molar-refractivity contribution in [3.63, 3.8) is 0 Å². The van der Waals surface area contributed by atoms with Crippen LogP contribution < -0.4 is 0 Å². The van der Waals surface area contributed by atoms with Gasteiger partial charge < -0.3 is 4.74 Å². The average Bonchev–Trinajstić information content (AvgIpc) is 3.40. The van der Waals surface area contributed by atoms with Crippen LogP contribution in [0.25, 0.3) is 77.9 Å². The summed E-state index contributed by atoms with van der Waals surface area (Å²) in [6, 6.07) is 43.3. The number of hydrogen-bond donors (Lipinski definition) is 0. The minimum atomic E-state index is 0.554. The molecule has 8 aromatic rings. The molecule has 242 valence electrons. The first kappa shape index (κ1) is 30.5. The minimum absolute atomic E-state index is 0.554. The van der Waals surface area contributed by atoms with E-state index in [1.54, 1.807) is 0 Å². The molecule has 4 aromatic carbocycles. The van der Waals surface area contributed by atoms with Crippen molar-refractivity contribution in [3.05, 3.63) is 182 Å². The summed E-state index contributed by atoms with van der Waals surface area (Å²) in [4.78, 5) is 17.6. The molecule has 0 radical (unpaired) electrons. The van der Waals surface area contributed by atoms with E-state index in [0.717, 1.165) is 66.8 Å². The van der Waals surface area contributed by atoms with E-state index in [2.05, 4.69) is 117 Å². The van der Waals surface area contributed by atoms with Gasteiger partial charge in [0.1, 0.15) is 0 Å². The molecule has 5 heterocycles. The van der Waals surface area contributed by atoms with Gasteiger partial charge in [-0.3, -0.25) is 19.9 Å². The molecule has 0 aliphatic carbocycles. The van der Waals surface area contributed by atoms with Crippen molar-refractivity contribution in [2.45, 2.75) is 13.2 Å². The third-order valence-electron chi connectivity index (χ3n) is 9.54. The Hall–Kier alpha value is -6.56. The van der Waals surface area contributed by atoms with Crippen molar-refractivity contribution >= 4 is 0 Å². The maximum Gasteiger partial charge on any atom is 0.0727 e. The van der Waals surface area contributed by atoms with E-state index in [4.69, 9.17) is 4.74 Å². The van der Waals surface area contributed by atoms with E-state index in [1.165, 1.54) is 22.3 Å². The van der Waals surface area contributed by atoms with E-state index in [-0.39, 0.29) is 0 Å². The molecule has 0 bridgehead atoms. The lowest BCUT2D eigenvalue weighted by Gasteiger charge is -2.16. The maximum absolute atomic E-state index is 6.22. The standard InChI is InChI=1S/C46H32N4O/c1-5-33(25-47-13-1)41-17-39(18-42(21-41)34-6-2-14-48-26-34)31-9-11-37-29-51-30-38-12-10-32(24-46(38)45(37)23-31)40-19-43(35-7-3-15-49-27-35)22-44(20-40)36-8-4-16-50-28-36/h1-28H,29-30H2. The molecule has 0 fully saturated rings. The number of ether oxygens (including phenoxy) is 1. The molecule has 5 heteroatoms. The van der Waals surface area contributed by atoms with Gasteiger partial charge in [-0.05, 0) is 140 Å². The average molecular weight is 657 g/mol. The fourth-order valence-electron chi connectivity index (χ4n) is 6.93. The largest absolute Gasteiger partial charge is 0.372 e. The zero-order chi connectivity index (χ0) is 34.0. The molecule has 0 N–H and O–H groups in total. The number of pyridine rings is 4. The van der Waals surface area contributed by atoms with Crippen LogP contribution in [0.3, 0.4) is 0 Å². The van der Waals surface area contributed by atoms with Gasteiger partial charge in [-0.1, -0.05) is 48.5 Å². The highest BCUT2D eigenvalue weighted by molar-refractivity contribution is 5.87. The Morgan fingerprint density at radius 1 is 0.314 bits per heavy atom. The summed E-state index contributed by atoms with van der Waals surface area (Å²) in [5.74, 6) is 0. The van der Waals surface area contributed by atoms with Gasteiger partial charge in [0.25, 0.3) is 0 Å². The fraction of sp³-hybridized carbons (Fsp3) is 0.0435. The van der Waals surface area contributed by atoms with Crippen LogP contribution in [-0.4, -0.2) is 19.9 Å². The molecule has 9 rings (SSSR count). The van der Waals surface area contributed by atoms with Gasteiger partial charge in [0.15, 0.2) is 0 Å². The van der Waals surface area contributed by atoms with E-state index < -0.39 is 0 Å². The van der Waals surface area contributed by atoms with Gasteiger partial charge in [-0.2, -0.15) is 0 Å². The second-order valence-electron chi connectivity index (χ2n) is 12.8. The Morgan fingerprint density at radius 2 is 0.627 bits per heavy atom. The maximum atomic E-state index is 6.22. The summed E-state index contributed by atoms with van der Waals surface area (Å²) < 4.78 is 6.22. The third kappa shape index (κ3) is 6.23. The predicted molar refractivity (Wildman–Crippen MR) is 204 cm³/mol. The minimum Gasteiger partial charge on any atom is -0.372 e. The third-order valence-corrected chi connectivity index (χ3v) is 9.54. The number of nitrogens with zero attached hydrogens (tertiary/aromatic N) is 4. The predicted octanol–water partition coefficient (Wildman–Crippen LogP) is 11.0. The highest BCUT2D eigenvalue weighted by Crippen LogP contribution is 2.40. The molecule has 1 aliphatic rings. The van der Waals surface area contributed by atoms with Crippen LogP contribution in [0.1, 0.15) is 11.1 Å². The molecule has 0 unspecified atom stereocenters. The zero-order valence-electron chi connectivity index (χ0n) is 27.8. The van der Waals surface area contributed by atoms with Crippen LogP contribution in [0.4, 0.5) is 0 Å². The van der Waals surface area contributed by atoms with Crippen molar-refractivity contribution < 1.29 is 4.74 Å². The SMILES string of the molecule is c1cncc(-c2cc(-c3cccnc3)cc(-c3ccc4c(c3)-c3cc(-c5cc(-c6cccnc6)cc(-c6cccnc6)c5)ccc3COC4)c2)c1. The molecule has 5 nitrogen and oxygen atoms in total.